The van der Waals surface area contributed by atoms with Gasteiger partial charge in [0.05, 0.1) is 0 Å². The summed E-state index contributed by atoms with van der Waals surface area (Å²) in [6.07, 6.45) is 19.5. The first-order chi connectivity index (χ1) is 14.9. The molecule has 0 spiro atoms. The molecule has 5 saturated carbocycles. The Morgan fingerprint density at radius 3 is 1.94 bits per heavy atom. The van der Waals surface area contributed by atoms with E-state index in [4.69, 9.17) is 0 Å². The van der Waals surface area contributed by atoms with Crippen LogP contribution in [0, 0.1) is 62.6 Å². The Kier molecular flexibility index (Phi) is 5.56. The number of hydrogen-bond acceptors (Lipinski definition) is 0. The summed E-state index contributed by atoms with van der Waals surface area (Å²) in [7, 11) is 0. The van der Waals surface area contributed by atoms with E-state index in [-0.39, 0.29) is 0 Å². The fourth-order valence-corrected chi connectivity index (χ4v) is 12.7. The monoisotopic (exact) mass is 440 g/mol. The molecule has 32 heavy (non-hydrogen) atoms. The molecule has 0 aliphatic heterocycles. The van der Waals surface area contributed by atoms with Gasteiger partial charge in [0.15, 0.2) is 0 Å². The molecule has 0 nitrogen and oxygen atoms in total. The molecule has 0 aromatic rings. The van der Waals surface area contributed by atoms with Gasteiger partial charge in [-0.1, -0.05) is 74.7 Å². The normalized spacial score (nSPS) is 55.3. The Labute approximate surface area is 201 Å². The lowest BCUT2D eigenvalue weighted by atomic mass is 9.32. The van der Waals surface area contributed by atoms with Gasteiger partial charge in [0.2, 0.25) is 0 Å². The van der Waals surface area contributed by atoms with Crippen molar-refractivity contribution in [2.75, 3.05) is 0 Å². The molecule has 0 heterocycles. The zero-order chi connectivity index (χ0) is 23.2. The van der Waals surface area contributed by atoms with Crippen molar-refractivity contribution in [3.63, 3.8) is 0 Å². The van der Waals surface area contributed by atoms with E-state index in [0.29, 0.717) is 27.1 Å². The maximum atomic E-state index is 2.83. The van der Waals surface area contributed by atoms with E-state index >= 15 is 0 Å². The van der Waals surface area contributed by atoms with Crippen LogP contribution >= 0.6 is 0 Å². The first kappa shape index (κ1) is 23.7. The van der Waals surface area contributed by atoms with E-state index in [0.717, 1.165) is 35.5 Å². The average molecular weight is 441 g/mol. The van der Waals surface area contributed by atoms with Crippen LogP contribution in [-0.4, -0.2) is 0 Å². The molecule has 5 aliphatic carbocycles. The van der Waals surface area contributed by atoms with Crippen molar-refractivity contribution < 1.29 is 0 Å². The molecule has 10 atom stereocenters. The summed E-state index contributed by atoms with van der Waals surface area (Å²) in [4.78, 5) is 0. The molecule has 5 fully saturated rings. The van der Waals surface area contributed by atoms with Gasteiger partial charge in [-0.15, -0.1) is 0 Å². The van der Waals surface area contributed by atoms with Gasteiger partial charge in [0, 0.05) is 0 Å². The van der Waals surface area contributed by atoms with Crippen LogP contribution in [0.1, 0.15) is 139 Å². The van der Waals surface area contributed by atoms with Gasteiger partial charge >= 0.3 is 0 Å². The lowest BCUT2D eigenvalue weighted by Gasteiger charge is -2.73. The van der Waals surface area contributed by atoms with Gasteiger partial charge in [0.25, 0.3) is 0 Å². The summed E-state index contributed by atoms with van der Waals surface area (Å²) in [6.45, 7) is 21.4. The highest BCUT2D eigenvalue weighted by atomic mass is 14.7. The van der Waals surface area contributed by atoms with Gasteiger partial charge in [-0.2, -0.15) is 0 Å². The molecule has 0 saturated heterocycles. The van der Waals surface area contributed by atoms with E-state index in [1.807, 2.05) is 0 Å². The van der Waals surface area contributed by atoms with Gasteiger partial charge in [-0.3, -0.25) is 0 Å². The first-order valence-electron chi connectivity index (χ1n) is 14.9. The van der Waals surface area contributed by atoms with Gasteiger partial charge < -0.3 is 0 Å². The Morgan fingerprint density at radius 2 is 1.28 bits per heavy atom. The standard InChI is InChI=1S/C32H56/c1-9-11-22(2)23-14-19-29(5)24(23)15-20-31(7)26(29)12-13-27-30(6)18-10-17-28(3,4)25(30)16-21-32(27,31)8/h22-27H,9-21H2,1-8H3/t22-,23?,24+,25?,26?,27?,29-,30-,31+,32+/m0/s1. The summed E-state index contributed by atoms with van der Waals surface area (Å²) in [5.41, 5.74) is 2.91. The van der Waals surface area contributed by atoms with E-state index in [9.17, 15) is 0 Å². The van der Waals surface area contributed by atoms with E-state index in [1.54, 1.807) is 6.42 Å². The highest BCUT2D eigenvalue weighted by Crippen LogP contribution is 2.78. The fourth-order valence-electron chi connectivity index (χ4n) is 12.7. The van der Waals surface area contributed by atoms with E-state index in [2.05, 4.69) is 55.4 Å². The van der Waals surface area contributed by atoms with Crippen LogP contribution in [0.2, 0.25) is 0 Å². The van der Waals surface area contributed by atoms with Crippen LogP contribution in [0.3, 0.4) is 0 Å². The third kappa shape index (κ3) is 2.92. The summed E-state index contributed by atoms with van der Waals surface area (Å²) in [5.74, 6) is 5.88. The van der Waals surface area contributed by atoms with Crippen molar-refractivity contribution in [2.24, 2.45) is 62.6 Å². The van der Waals surface area contributed by atoms with Crippen molar-refractivity contribution in [1.29, 1.82) is 0 Å². The van der Waals surface area contributed by atoms with Gasteiger partial charge in [-0.25, -0.2) is 0 Å². The number of hydrogen-bond donors (Lipinski definition) is 0. The predicted octanol–water partition coefficient (Wildman–Crippen LogP) is 9.91. The second-order valence-corrected chi connectivity index (χ2v) is 15.6. The summed E-state index contributed by atoms with van der Waals surface area (Å²) >= 11 is 0. The molecule has 0 bridgehead atoms. The number of fused-ring (bicyclic) bond motifs is 7. The molecular formula is C32H56. The van der Waals surface area contributed by atoms with Crippen LogP contribution in [-0.2, 0) is 0 Å². The first-order valence-corrected chi connectivity index (χ1v) is 14.9. The van der Waals surface area contributed by atoms with Crippen molar-refractivity contribution in [2.45, 2.75) is 139 Å². The lowest BCUT2D eigenvalue weighted by Crippen LogP contribution is -2.65. The van der Waals surface area contributed by atoms with Crippen molar-refractivity contribution in [1.82, 2.24) is 0 Å². The fraction of sp³-hybridized carbons (Fsp3) is 1.00. The quantitative estimate of drug-likeness (QED) is 0.409. The zero-order valence-corrected chi connectivity index (χ0v) is 23.2. The maximum absolute atomic E-state index is 2.83. The second-order valence-electron chi connectivity index (χ2n) is 15.6. The minimum absolute atomic E-state index is 0.559. The Balaban J connectivity index is 1.48. The molecule has 4 unspecified atom stereocenters. The number of rotatable bonds is 3. The van der Waals surface area contributed by atoms with E-state index < -0.39 is 0 Å². The Bertz CT molecular complexity index is 720. The highest BCUT2D eigenvalue weighted by Gasteiger charge is 2.70. The van der Waals surface area contributed by atoms with Crippen LogP contribution in [0.5, 0.6) is 0 Å². The largest absolute Gasteiger partial charge is 0.0654 e. The van der Waals surface area contributed by atoms with Gasteiger partial charge in [0.1, 0.15) is 0 Å². The maximum Gasteiger partial charge on any atom is -0.0235 e. The van der Waals surface area contributed by atoms with Crippen LogP contribution in [0.25, 0.3) is 0 Å². The minimum atomic E-state index is 0.559. The Hall–Kier alpha value is 0. The molecule has 5 rings (SSSR count). The second kappa shape index (κ2) is 7.50. The highest BCUT2D eigenvalue weighted by molar-refractivity contribution is 5.19. The van der Waals surface area contributed by atoms with Crippen LogP contribution in [0.15, 0.2) is 0 Å². The molecule has 184 valence electrons. The molecule has 0 heteroatoms. The van der Waals surface area contributed by atoms with Crippen LogP contribution in [0.4, 0.5) is 0 Å². The Morgan fingerprint density at radius 1 is 0.656 bits per heavy atom. The summed E-state index contributed by atoms with van der Waals surface area (Å²) < 4.78 is 0. The van der Waals surface area contributed by atoms with Crippen molar-refractivity contribution in [3.05, 3.63) is 0 Å². The molecular weight excluding hydrogens is 384 g/mol. The molecule has 0 amide bonds. The van der Waals surface area contributed by atoms with E-state index in [1.165, 1.54) is 77.0 Å². The SMILES string of the molecule is CCC[C@H](C)C1CC[C@]2(C)C3CCC4[C@@]5(C)CCCC(C)(C)C5CC[C@@]4(C)[C@]3(C)CC[C@H]12. The average Bonchev–Trinajstić information content (AvgIpc) is 3.05. The third-order valence-electron chi connectivity index (χ3n) is 14.2. The molecule has 5 aliphatic rings. The summed E-state index contributed by atoms with van der Waals surface area (Å²) in [5, 5.41) is 0. The summed E-state index contributed by atoms with van der Waals surface area (Å²) in [6, 6.07) is 0. The smallest absolute Gasteiger partial charge is 0.0235 e. The topological polar surface area (TPSA) is 0 Å². The zero-order valence-electron chi connectivity index (χ0n) is 23.2. The van der Waals surface area contributed by atoms with Crippen molar-refractivity contribution in [3.8, 4) is 0 Å². The van der Waals surface area contributed by atoms with Crippen molar-refractivity contribution >= 4 is 0 Å². The third-order valence-corrected chi connectivity index (χ3v) is 14.2. The molecule has 0 radical (unpaired) electrons. The predicted molar refractivity (Wildman–Crippen MR) is 139 cm³/mol. The molecule has 0 aromatic carbocycles. The lowest BCUT2D eigenvalue weighted by molar-refractivity contribution is -0.241. The van der Waals surface area contributed by atoms with Gasteiger partial charge in [-0.05, 0) is 127 Å². The molecule has 0 N–H and O–H groups in total. The minimum Gasteiger partial charge on any atom is -0.0654 e. The molecule has 0 aromatic heterocycles. The van der Waals surface area contributed by atoms with Crippen LogP contribution < -0.4 is 0 Å².